The Balaban J connectivity index is 1.84. The van der Waals surface area contributed by atoms with Crippen molar-refractivity contribution in [1.29, 1.82) is 0 Å². The number of hydrogen-bond donors (Lipinski definition) is 0. The van der Waals surface area contributed by atoms with Crippen LogP contribution < -0.4 is 0 Å². The van der Waals surface area contributed by atoms with Crippen molar-refractivity contribution in [2.24, 2.45) is 0 Å². The minimum atomic E-state index is 0.159. The second-order valence-electron chi connectivity index (χ2n) is 4.93. The van der Waals surface area contributed by atoms with Crippen molar-refractivity contribution in [2.75, 3.05) is 11.9 Å². The van der Waals surface area contributed by atoms with Gasteiger partial charge in [-0.1, -0.05) is 22.0 Å². The van der Waals surface area contributed by atoms with Crippen LogP contribution >= 0.6 is 15.9 Å². The van der Waals surface area contributed by atoms with Gasteiger partial charge in [0.2, 0.25) is 0 Å². The number of alkyl halides is 1. The van der Waals surface area contributed by atoms with Gasteiger partial charge in [0, 0.05) is 23.5 Å². The van der Waals surface area contributed by atoms with Crippen LogP contribution in [0.5, 0.6) is 0 Å². The van der Waals surface area contributed by atoms with Gasteiger partial charge in [0.15, 0.2) is 0 Å². The monoisotopic (exact) mass is 309 g/mol. The van der Waals surface area contributed by atoms with Gasteiger partial charge < -0.3 is 9.64 Å². The molecule has 2 aliphatic heterocycles. The van der Waals surface area contributed by atoms with E-state index in [4.69, 9.17) is 4.74 Å². The van der Waals surface area contributed by atoms with E-state index in [9.17, 15) is 4.79 Å². The summed E-state index contributed by atoms with van der Waals surface area (Å²) in [5.74, 6) is 0.159. The summed E-state index contributed by atoms with van der Waals surface area (Å²) in [7, 11) is 0. The molecular formula is C14H16BrNO2. The van der Waals surface area contributed by atoms with Crippen molar-refractivity contribution < 1.29 is 9.53 Å². The van der Waals surface area contributed by atoms with E-state index in [0.29, 0.717) is 19.3 Å². The minimum Gasteiger partial charge on any atom is -0.372 e. The number of halogens is 1. The first-order valence-corrected chi connectivity index (χ1v) is 7.48. The molecule has 0 saturated carbocycles. The lowest BCUT2D eigenvalue weighted by molar-refractivity contribution is 0.0750. The lowest BCUT2D eigenvalue weighted by Crippen LogP contribution is -2.36. The molecule has 0 spiro atoms. The van der Waals surface area contributed by atoms with E-state index in [2.05, 4.69) is 15.9 Å². The molecule has 4 heteroatoms. The lowest BCUT2D eigenvalue weighted by atomic mass is 10.1. The normalized spacial score (nSPS) is 22.3. The lowest BCUT2D eigenvalue weighted by Gasteiger charge is -2.23. The molecule has 0 aromatic heterocycles. The summed E-state index contributed by atoms with van der Waals surface area (Å²) in [6.07, 6.45) is 2.21. The van der Waals surface area contributed by atoms with Gasteiger partial charge in [0.1, 0.15) is 0 Å². The third-order valence-electron chi connectivity index (χ3n) is 3.78. The highest BCUT2D eigenvalue weighted by molar-refractivity contribution is 9.09. The van der Waals surface area contributed by atoms with Gasteiger partial charge in [0.05, 0.1) is 13.2 Å². The van der Waals surface area contributed by atoms with Crippen LogP contribution in [0.25, 0.3) is 0 Å². The van der Waals surface area contributed by atoms with Gasteiger partial charge in [-0.2, -0.15) is 0 Å². The first-order chi connectivity index (χ1) is 8.79. The molecule has 1 amide bonds. The highest BCUT2D eigenvalue weighted by atomic mass is 79.9. The number of ether oxygens (including phenoxy) is 1. The summed E-state index contributed by atoms with van der Waals surface area (Å²) in [5.41, 5.74) is 3.17. The Morgan fingerprint density at radius 3 is 3.06 bits per heavy atom. The van der Waals surface area contributed by atoms with Crippen molar-refractivity contribution in [3.05, 3.63) is 34.9 Å². The molecule has 0 N–H and O–H groups in total. The number of carbonyl (C=O) groups excluding carboxylic acids is 1. The maximum Gasteiger partial charge on any atom is 0.254 e. The van der Waals surface area contributed by atoms with Crippen LogP contribution in [0, 0.1) is 0 Å². The number of likely N-dealkylation sites (tertiary alicyclic amines) is 1. The van der Waals surface area contributed by atoms with Crippen LogP contribution in [0.2, 0.25) is 0 Å². The second-order valence-corrected chi connectivity index (χ2v) is 5.57. The standard InChI is InChI=1S/C14H16BrNO2/c15-7-13-2-1-5-16(13)14(17)10-3-4-11-8-18-9-12(11)6-10/h3-4,6,13H,1-2,5,7-9H2. The van der Waals surface area contributed by atoms with Crippen LogP contribution in [0.3, 0.4) is 0 Å². The third-order valence-corrected chi connectivity index (χ3v) is 4.53. The number of hydrogen-bond acceptors (Lipinski definition) is 2. The number of fused-ring (bicyclic) bond motifs is 1. The average Bonchev–Trinajstić information content (AvgIpc) is 3.05. The summed E-state index contributed by atoms with van der Waals surface area (Å²) in [6, 6.07) is 6.30. The molecule has 2 heterocycles. The molecule has 18 heavy (non-hydrogen) atoms. The smallest absolute Gasteiger partial charge is 0.254 e. The molecule has 0 bridgehead atoms. The predicted molar refractivity (Wildman–Crippen MR) is 72.8 cm³/mol. The highest BCUT2D eigenvalue weighted by Crippen LogP contribution is 2.25. The molecule has 96 valence electrons. The molecule has 1 fully saturated rings. The fourth-order valence-corrected chi connectivity index (χ4v) is 3.41. The number of benzene rings is 1. The van der Waals surface area contributed by atoms with E-state index < -0.39 is 0 Å². The van der Waals surface area contributed by atoms with E-state index in [1.807, 2.05) is 23.1 Å². The molecular weight excluding hydrogens is 294 g/mol. The fourth-order valence-electron chi connectivity index (χ4n) is 2.73. The molecule has 1 aromatic rings. The zero-order chi connectivity index (χ0) is 12.5. The Hall–Kier alpha value is -0.870. The van der Waals surface area contributed by atoms with Gasteiger partial charge in [-0.25, -0.2) is 0 Å². The summed E-state index contributed by atoms with van der Waals surface area (Å²) in [4.78, 5) is 14.5. The van der Waals surface area contributed by atoms with Crippen molar-refractivity contribution in [3.63, 3.8) is 0 Å². The first kappa shape index (κ1) is 12.2. The van der Waals surface area contributed by atoms with Crippen molar-refractivity contribution in [3.8, 4) is 0 Å². The molecule has 1 aromatic carbocycles. The van der Waals surface area contributed by atoms with Crippen molar-refractivity contribution in [1.82, 2.24) is 4.90 Å². The maximum absolute atomic E-state index is 12.5. The number of amides is 1. The zero-order valence-corrected chi connectivity index (χ0v) is 11.8. The summed E-state index contributed by atoms with van der Waals surface area (Å²) < 4.78 is 5.39. The van der Waals surface area contributed by atoms with E-state index in [1.54, 1.807) is 0 Å². The van der Waals surface area contributed by atoms with E-state index in [1.165, 1.54) is 5.56 Å². The topological polar surface area (TPSA) is 29.5 Å². The Bertz CT molecular complexity index is 475. The molecule has 0 radical (unpaired) electrons. The first-order valence-electron chi connectivity index (χ1n) is 6.36. The summed E-state index contributed by atoms with van der Waals surface area (Å²) >= 11 is 3.49. The molecule has 3 nitrogen and oxygen atoms in total. The third kappa shape index (κ3) is 2.08. The molecule has 1 unspecified atom stereocenters. The van der Waals surface area contributed by atoms with E-state index >= 15 is 0 Å². The van der Waals surface area contributed by atoms with Crippen LogP contribution in [-0.2, 0) is 18.0 Å². The molecule has 3 rings (SSSR count). The summed E-state index contributed by atoms with van der Waals surface area (Å²) in [5, 5.41) is 0.868. The van der Waals surface area contributed by atoms with Crippen LogP contribution in [0.15, 0.2) is 18.2 Å². The van der Waals surface area contributed by atoms with Crippen LogP contribution in [0.1, 0.15) is 34.3 Å². The zero-order valence-electron chi connectivity index (χ0n) is 10.2. The Morgan fingerprint density at radius 1 is 1.39 bits per heavy atom. The predicted octanol–water partition coefficient (Wildman–Crippen LogP) is 2.72. The molecule has 2 aliphatic rings. The largest absolute Gasteiger partial charge is 0.372 e. The quantitative estimate of drug-likeness (QED) is 0.786. The van der Waals surface area contributed by atoms with Crippen LogP contribution in [-0.4, -0.2) is 28.7 Å². The SMILES string of the molecule is O=C(c1ccc2c(c1)COC2)N1CCCC1CBr. The van der Waals surface area contributed by atoms with Crippen LogP contribution in [0.4, 0.5) is 0 Å². The van der Waals surface area contributed by atoms with Crippen molar-refractivity contribution in [2.45, 2.75) is 32.1 Å². The van der Waals surface area contributed by atoms with E-state index in [-0.39, 0.29) is 5.91 Å². The minimum absolute atomic E-state index is 0.159. The molecule has 1 saturated heterocycles. The number of carbonyl (C=O) groups is 1. The Labute approximate surface area is 115 Å². The molecule has 0 aliphatic carbocycles. The van der Waals surface area contributed by atoms with Gasteiger partial charge in [-0.05, 0) is 36.1 Å². The Morgan fingerprint density at radius 2 is 2.22 bits per heavy atom. The van der Waals surface area contributed by atoms with Gasteiger partial charge in [-0.3, -0.25) is 4.79 Å². The average molecular weight is 310 g/mol. The van der Waals surface area contributed by atoms with Gasteiger partial charge in [0.25, 0.3) is 5.91 Å². The molecule has 1 atom stereocenters. The van der Waals surface area contributed by atoms with Crippen molar-refractivity contribution >= 4 is 21.8 Å². The van der Waals surface area contributed by atoms with E-state index in [0.717, 1.165) is 35.8 Å². The number of nitrogens with zero attached hydrogens (tertiary/aromatic N) is 1. The fraction of sp³-hybridized carbons (Fsp3) is 0.500. The summed E-state index contributed by atoms with van der Waals surface area (Å²) in [6.45, 7) is 2.19. The Kier molecular flexibility index (Phi) is 3.39. The maximum atomic E-state index is 12.5. The van der Waals surface area contributed by atoms with Gasteiger partial charge >= 0.3 is 0 Å². The second kappa shape index (κ2) is 5.02. The highest BCUT2D eigenvalue weighted by Gasteiger charge is 2.29. The number of rotatable bonds is 2. The van der Waals surface area contributed by atoms with Gasteiger partial charge in [-0.15, -0.1) is 0 Å².